The molecule has 1 N–H and O–H groups in total. The minimum Gasteiger partial charge on any atom is -0.389 e. The Morgan fingerprint density at radius 1 is 1.77 bits per heavy atom. The average Bonchev–Trinajstić information content (AvgIpc) is 2.28. The van der Waals surface area contributed by atoms with Crippen LogP contribution < -0.4 is 0 Å². The van der Waals surface area contributed by atoms with Gasteiger partial charge < -0.3 is 5.11 Å². The van der Waals surface area contributed by atoms with Gasteiger partial charge in [-0.1, -0.05) is 42.8 Å². The van der Waals surface area contributed by atoms with Gasteiger partial charge in [0.15, 0.2) is 0 Å². The number of rotatable bonds is 2. The molecule has 0 saturated heterocycles. The first-order valence-electron chi connectivity index (χ1n) is 4.11. The molecule has 1 rings (SSSR count). The molecule has 0 aliphatic heterocycles. The molecule has 0 amide bonds. The Hall–Kier alpha value is -0.240. The minimum absolute atomic E-state index is 0.120. The number of hydrogen-bond donors (Lipinski definition) is 1. The first kappa shape index (κ1) is 10.8. The van der Waals surface area contributed by atoms with E-state index in [-0.39, 0.29) is 10.4 Å². The largest absolute Gasteiger partial charge is 0.389 e. The fraction of sp³-hybridized carbons (Fsp3) is 0.400. The van der Waals surface area contributed by atoms with E-state index in [4.69, 9.17) is 23.2 Å². The van der Waals surface area contributed by atoms with Crippen LogP contribution in [-0.4, -0.2) is 11.2 Å². The highest BCUT2D eigenvalue weighted by molar-refractivity contribution is 6.55. The van der Waals surface area contributed by atoms with E-state index < -0.39 is 6.10 Å². The van der Waals surface area contributed by atoms with Gasteiger partial charge in [0, 0.05) is 12.3 Å². The number of halogens is 2. The third-order valence-corrected chi connectivity index (χ3v) is 2.35. The fourth-order valence-corrected chi connectivity index (χ4v) is 1.88. The van der Waals surface area contributed by atoms with E-state index in [9.17, 15) is 5.11 Å². The van der Waals surface area contributed by atoms with Crippen molar-refractivity contribution in [1.29, 1.82) is 0 Å². The SMILES string of the molecule is C=C1C[C@H](O)C=C1C(C)C=C(Cl)Cl. The van der Waals surface area contributed by atoms with Crippen LogP contribution in [0.2, 0.25) is 0 Å². The van der Waals surface area contributed by atoms with Crippen LogP contribution in [0.15, 0.2) is 34.4 Å². The maximum atomic E-state index is 9.33. The third kappa shape index (κ3) is 2.87. The molecule has 1 aliphatic rings. The first-order chi connectivity index (χ1) is 6.00. The van der Waals surface area contributed by atoms with Crippen molar-refractivity contribution in [3.63, 3.8) is 0 Å². The Bertz CT molecular complexity index is 275. The molecule has 0 spiro atoms. The van der Waals surface area contributed by atoms with Gasteiger partial charge >= 0.3 is 0 Å². The highest BCUT2D eigenvalue weighted by Crippen LogP contribution is 2.31. The molecule has 0 fully saturated rings. The quantitative estimate of drug-likeness (QED) is 0.756. The average molecular weight is 219 g/mol. The van der Waals surface area contributed by atoms with Crippen molar-refractivity contribution >= 4 is 23.2 Å². The van der Waals surface area contributed by atoms with Crippen molar-refractivity contribution in [1.82, 2.24) is 0 Å². The first-order valence-corrected chi connectivity index (χ1v) is 4.87. The molecular weight excluding hydrogens is 207 g/mol. The van der Waals surface area contributed by atoms with Crippen LogP contribution >= 0.6 is 23.2 Å². The summed E-state index contributed by atoms with van der Waals surface area (Å²) in [6.07, 6.45) is 3.76. The van der Waals surface area contributed by atoms with Gasteiger partial charge in [-0.3, -0.25) is 0 Å². The second-order valence-corrected chi connectivity index (χ2v) is 4.25. The number of aliphatic hydroxyl groups excluding tert-OH is 1. The molecule has 1 nitrogen and oxygen atoms in total. The van der Waals surface area contributed by atoms with E-state index in [1.54, 1.807) is 12.2 Å². The van der Waals surface area contributed by atoms with Gasteiger partial charge in [-0.15, -0.1) is 0 Å². The molecule has 13 heavy (non-hydrogen) atoms. The smallest absolute Gasteiger partial charge is 0.103 e. The summed E-state index contributed by atoms with van der Waals surface area (Å²) >= 11 is 11.1. The molecule has 0 saturated carbocycles. The van der Waals surface area contributed by atoms with Gasteiger partial charge in [-0.2, -0.15) is 0 Å². The Morgan fingerprint density at radius 3 is 2.77 bits per heavy atom. The zero-order chi connectivity index (χ0) is 10.0. The van der Waals surface area contributed by atoms with Crippen LogP contribution in [0.4, 0.5) is 0 Å². The molecule has 0 radical (unpaired) electrons. The van der Waals surface area contributed by atoms with Gasteiger partial charge in [-0.05, 0) is 17.2 Å². The van der Waals surface area contributed by atoms with Crippen LogP contribution in [0, 0.1) is 5.92 Å². The number of hydrogen-bond acceptors (Lipinski definition) is 1. The predicted octanol–water partition coefficient (Wildman–Crippen LogP) is 3.19. The maximum Gasteiger partial charge on any atom is 0.103 e. The summed E-state index contributed by atoms with van der Waals surface area (Å²) in [4.78, 5) is 0. The lowest BCUT2D eigenvalue weighted by Gasteiger charge is -2.08. The van der Waals surface area contributed by atoms with Crippen molar-refractivity contribution in [3.8, 4) is 0 Å². The third-order valence-electron chi connectivity index (χ3n) is 2.10. The van der Waals surface area contributed by atoms with Gasteiger partial charge in [0.05, 0.1) is 6.10 Å². The zero-order valence-corrected chi connectivity index (χ0v) is 8.94. The molecular formula is C10H12Cl2O. The molecule has 1 unspecified atom stereocenters. The Labute approximate surface area is 88.3 Å². The highest BCUT2D eigenvalue weighted by Gasteiger charge is 2.20. The van der Waals surface area contributed by atoms with Crippen LogP contribution in [0.1, 0.15) is 13.3 Å². The van der Waals surface area contributed by atoms with Gasteiger partial charge in [-0.25, -0.2) is 0 Å². The van der Waals surface area contributed by atoms with Crippen molar-refractivity contribution in [2.24, 2.45) is 5.92 Å². The highest BCUT2D eigenvalue weighted by atomic mass is 35.5. The molecule has 72 valence electrons. The van der Waals surface area contributed by atoms with Gasteiger partial charge in [0.25, 0.3) is 0 Å². The van der Waals surface area contributed by atoms with Crippen LogP contribution in [0.25, 0.3) is 0 Å². The Balaban J connectivity index is 2.78. The molecule has 0 aromatic heterocycles. The lowest BCUT2D eigenvalue weighted by Crippen LogP contribution is -1.94. The van der Waals surface area contributed by atoms with E-state index in [0.29, 0.717) is 6.42 Å². The lowest BCUT2D eigenvalue weighted by atomic mass is 9.98. The minimum atomic E-state index is -0.396. The monoisotopic (exact) mass is 218 g/mol. The van der Waals surface area contributed by atoms with Gasteiger partial charge in [0.2, 0.25) is 0 Å². The van der Waals surface area contributed by atoms with Crippen molar-refractivity contribution < 1.29 is 5.11 Å². The molecule has 1 aliphatic carbocycles. The van der Waals surface area contributed by atoms with E-state index >= 15 is 0 Å². The van der Waals surface area contributed by atoms with Crippen molar-refractivity contribution in [2.45, 2.75) is 19.4 Å². The number of aliphatic hydroxyl groups is 1. The molecule has 0 bridgehead atoms. The summed E-state index contributed by atoms with van der Waals surface area (Å²) < 4.78 is 0.252. The predicted molar refractivity (Wildman–Crippen MR) is 56.8 cm³/mol. The summed E-state index contributed by atoms with van der Waals surface area (Å²) in [6.45, 7) is 5.84. The second-order valence-electron chi connectivity index (χ2n) is 3.24. The Kier molecular flexibility index (Phi) is 3.60. The molecule has 3 heteroatoms. The summed E-state index contributed by atoms with van der Waals surface area (Å²) in [5.41, 5.74) is 2.00. The van der Waals surface area contributed by atoms with Crippen LogP contribution in [-0.2, 0) is 0 Å². The molecule has 0 aromatic carbocycles. The topological polar surface area (TPSA) is 20.2 Å². The van der Waals surface area contributed by atoms with Crippen LogP contribution in [0.5, 0.6) is 0 Å². The van der Waals surface area contributed by atoms with E-state index in [0.717, 1.165) is 11.1 Å². The molecule has 0 aromatic rings. The summed E-state index contributed by atoms with van der Waals surface area (Å²) in [5, 5.41) is 9.33. The summed E-state index contributed by atoms with van der Waals surface area (Å²) in [5.74, 6) is 0.120. The van der Waals surface area contributed by atoms with Crippen LogP contribution in [0.3, 0.4) is 0 Å². The van der Waals surface area contributed by atoms with Gasteiger partial charge in [0.1, 0.15) is 4.49 Å². The summed E-state index contributed by atoms with van der Waals surface area (Å²) in [6, 6.07) is 0. The second kappa shape index (κ2) is 4.32. The molecule has 2 atom stereocenters. The van der Waals surface area contributed by atoms with Crippen molar-refractivity contribution in [2.75, 3.05) is 0 Å². The van der Waals surface area contributed by atoms with E-state index in [2.05, 4.69) is 6.58 Å². The maximum absolute atomic E-state index is 9.33. The van der Waals surface area contributed by atoms with E-state index in [1.807, 2.05) is 6.92 Å². The zero-order valence-electron chi connectivity index (χ0n) is 7.43. The van der Waals surface area contributed by atoms with Crippen molar-refractivity contribution in [3.05, 3.63) is 34.4 Å². The lowest BCUT2D eigenvalue weighted by molar-refractivity contribution is 0.230. The normalized spacial score (nSPS) is 24.2. The Morgan fingerprint density at radius 2 is 2.38 bits per heavy atom. The fourth-order valence-electron chi connectivity index (χ4n) is 1.51. The number of allylic oxidation sites excluding steroid dienone is 2. The van der Waals surface area contributed by atoms with E-state index in [1.165, 1.54) is 0 Å². The standard InChI is InChI=1S/C10H12Cl2O/c1-6-3-8(13)5-9(6)7(2)4-10(11)12/h4-5,7-8,13H,1,3H2,2H3/t7?,8-/m0/s1. The summed E-state index contributed by atoms with van der Waals surface area (Å²) in [7, 11) is 0. The molecule has 0 heterocycles.